The molecule has 3 N–H and O–H groups in total. The SMILES string of the molecule is Nc1nc(Nc2ccc(F)cc2Cl)nc(-n2ccnc2)n1. The molecule has 0 bridgehead atoms. The molecule has 0 atom stereocenters. The van der Waals surface area contributed by atoms with E-state index < -0.39 is 5.82 Å². The molecule has 0 spiro atoms. The molecular formula is C12H9ClFN7. The van der Waals surface area contributed by atoms with Crippen molar-refractivity contribution in [2.45, 2.75) is 0 Å². The Bertz CT molecular complexity index is 775. The van der Waals surface area contributed by atoms with Crippen LogP contribution in [0.4, 0.5) is 22.0 Å². The van der Waals surface area contributed by atoms with E-state index in [1.165, 1.54) is 24.5 Å². The van der Waals surface area contributed by atoms with E-state index in [2.05, 4.69) is 25.3 Å². The molecule has 3 rings (SSSR count). The molecule has 1 aromatic carbocycles. The summed E-state index contributed by atoms with van der Waals surface area (Å²) in [6, 6.07) is 3.94. The molecule has 7 nitrogen and oxygen atoms in total. The van der Waals surface area contributed by atoms with Gasteiger partial charge >= 0.3 is 0 Å². The number of imidazole rings is 1. The van der Waals surface area contributed by atoms with Crippen molar-refractivity contribution in [3.8, 4) is 5.95 Å². The van der Waals surface area contributed by atoms with Gasteiger partial charge in [-0.2, -0.15) is 15.0 Å². The number of benzene rings is 1. The Balaban J connectivity index is 1.95. The average molecular weight is 306 g/mol. The summed E-state index contributed by atoms with van der Waals surface area (Å²) in [7, 11) is 0. The maximum absolute atomic E-state index is 13.0. The Hall–Kier alpha value is -2.74. The number of rotatable bonds is 3. The van der Waals surface area contributed by atoms with E-state index in [0.717, 1.165) is 0 Å². The van der Waals surface area contributed by atoms with Crippen LogP contribution in [0, 0.1) is 5.82 Å². The van der Waals surface area contributed by atoms with Crippen LogP contribution in [0.2, 0.25) is 5.02 Å². The van der Waals surface area contributed by atoms with Crippen molar-refractivity contribution in [2.24, 2.45) is 0 Å². The molecule has 0 saturated carbocycles. The van der Waals surface area contributed by atoms with Crippen LogP contribution in [0.1, 0.15) is 0 Å². The van der Waals surface area contributed by atoms with Gasteiger partial charge in [0.25, 0.3) is 0 Å². The van der Waals surface area contributed by atoms with Gasteiger partial charge in [0, 0.05) is 12.4 Å². The summed E-state index contributed by atoms with van der Waals surface area (Å²) >= 11 is 5.94. The van der Waals surface area contributed by atoms with Crippen molar-refractivity contribution in [3.05, 3.63) is 47.8 Å². The fraction of sp³-hybridized carbons (Fsp3) is 0. The first-order valence-electron chi connectivity index (χ1n) is 5.84. The molecule has 0 fully saturated rings. The Morgan fingerprint density at radius 2 is 2.10 bits per heavy atom. The van der Waals surface area contributed by atoms with Crippen LogP contribution in [-0.2, 0) is 0 Å². The van der Waals surface area contributed by atoms with Crippen molar-refractivity contribution >= 4 is 29.2 Å². The predicted molar refractivity (Wildman–Crippen MR) is 76.1 cm³/mol. The smallest absolute Gasteiger partial charge is 0.241 e. The molecule has 0 amide bonds. The highest BCUT2D eigenvalue weighted by atomic mass is 35.5. The molecule has 9 heteroatoms. The van der Waals surface area contributed by atoms with Crippen LogP contribution in [0.3, 0.4) is 0 Å². The average Bonchev–Trinajstić information content (AvgIpc) is 2.95. The lowest BCUT2D eigenvalue weighted by Crippen LogP contribution is -2.08. The zero-order valence-corrected chi connectivity index (χ0v) is 11.3. The topological polar surface area (TPSA) is 94.5 Å². The zero-order valence-electron chi connectivity index (χ0n) is 10.5. The predicted octanol–water partition coefficient (Wildman–Crippen LogP) is 2.18. The molecule has 0 aliphatic heterocycles. The van der Waals surface area contributed by atoms with Gasteiger partial charge in [-0.05, 0) is 18.2 Å². The summed E-state index contributed by atoms with van der Waals surface area (Å²) in [5.41, 5.74) is 6.11. The van der Waals surface area contributed by atoms with Crippen molar-refractivity contribution < 1.29 is 4.39 Å². The van der Waals surface area contributed by atoms with E-state index in [4.69, 9.17) is 17.3 Å². The maximum atomic E-state index is 13.0. The van der Waals surface area contributed by atoms with Gasteiger partial charge in [0.1, 0.15) is 12.1 Å². The lowest BCUT2D eigenvalue weighted by Gasteiger charge is -2.08. The van der Waals surface area contributed by atoms with E-state index in [-0.39, 0.29) is 16.9 Å². The maximum Gasteiger partial charge on any atom is 0.241 e. The van der Waals surface area contributed by atoms with E-state index in [9.17, 15) is 4.39 Å². The minimum absolute atomic E-state index is 0.0365. The molecule has 106 valence electrons. The summed E-state index contributed by atoms with van der Waals surface area (Å²) in [5, 5.41) is 3.07. The summed E-state index contributed by atoms with van der Waals surface area (Å²) in [6.45, 7) is 0. The first-order valence-corrected chi connectivity index (χ1v) is 6.21. The number of nitrogens with one attached hydrogen (secondary N) is 1. The molecule has 0 aliphatic rings. The molecule has 3 aromatic rings. The van der Waals surface area contributed by atoms with E-state index >= 15 is 0 Å². The lowest BCUT2D eigenvalue weighted by atomic mass is 10.3. The van der Waals surface area contributed by atoms with Gasteiger partial charge < -0.3 is 11.1 Å². The second-order valence-corrected chi connectivity index (χ2v) is 4.44. The molecule has 2 aromatic heterocycles. The minimum Gasteiger partial charge on any atom is -0.368 e. The minimum atomic E-state index is -0.431. The zero-order chi connectivity index (χ0) is 14.8. The van der Waals surface area contributed by atoms with Crippen LogP contribution in [0.15, 0.2) is 36.9 Å². The third kappa shape index (κ3) is 2.90. The number of halogens is 2. The number of nitrogen functional groups attached to an aromatic ring is 1. The molecule has 2 heterocycles. The Morgan fingerprint density at radius 1 is 1.24 bits per heavy atom. The fourth-order valence-corrected chi connectivity index (χ4v) is 1.86. The Morgan fingerprint density at radius 3 is 2.81 bits per heavy atom. The molecular weight excluding hydrogens is 297 g/mol. The third-order valence-electron chi connectivity index (χ3n) is 2.55. The summed E-state index contributed by atoms with van der Waals surface area (Å²) in [4.78, 5) is 16.1. The normalized spacial score (nSPS) is 10.6. The highest BCUT2D eigenvalue weighted by Gasteiger charge is 2.08. The number of nitrogens with zero attached hydrogens (tertiary/aromatic N) is 5. The molecule has 0 saturated heterocycles. The highest BCUT2D eigenvalue weighted by molar-refractivity contribution is 6.33. The van der Waals surface area contributed by atoms with Gasteiger partial charge in [-0.25, -0.2) is 9.37 Å². The number of hydrogen-bond donors (Lipinski definition) is 2. The van der Waals surface area contributed by atoms with Gasteiger partial charge in [-0.3, -0.25) is 4.57 Å². The van der Waals surface area contributed by atoms with Gasteiger partial charge in [-0.1, -0.05) is 11.6 Å². The van der Waals surface area contributed by atoms with Crippen LogP contribution in [-0.4, -0.2) is 24.5 Å². The van der Waals surface area contributed by atoms with Crippen LogP contribution >= 0.6 is 11.6 Å². The standard InChI is InChI=1S/C12H9ClFN7/c13-8-5-7(14)1-2-9(8)17-11-18-10(15)19-12(20-11)21-4-3-16-6-21/h1-6H,(H3,15,17,18,19,20). The van der Waals surface area contributed by atoms with Gasteiger partial charge in [0.05, 0.1) is 10.7 Å². The Kier molecular flexibility index (Phi) is 3.36. The van der Waals surface area contributed by atoms with Crippen molar-refractivity contribution in [1.82, 2.24) is 24.5 Å². The fourth-order valence-electron chi connectivity index (χ4n) is 1.64. The summed E-state index contributed by atoms with van der Waals surface area (Å²) < 4.78 is 14.6. The van der Waals surface area contributed by atoms with Crippen molar-refractivity contribution in [1.29, 1.82) is 0 Å². The quantitative estimate of drug-likeness (QED) is 0.770. The van der Waals surface area contributed by atoms with E-state index in [0.29, 0.717) is 11.6 Å². The van der Waals surface area contributed by atoms with Crippen LogP contribution in [0.25, 0.3) is 5.95 Å². The van der Waals surface area contributed by atoms with E-state index in [1.807, 2.05) is 0 Å². The molecule has 0 unspecified atom stereocenters. The molecule has 0 radical (unpaired) electrons. The van der Waals surface area contributed by atoms with Crippen molar-refractivity contribution in [3.63, 3.8) is 0 Å². The van der Waals surface area contributed by atoms with E-state index in [1.54, 1.807) is 17.0 Å². The van der Waals surface area contributed by atoms with Crippen molar-refractivity contribution in [2.75, 3.05) is 11.1 Å². The largest absolute Gasteiger partial charge is 0.368 e. The Labute approximate surface area is 123 Å². The molecule has 21 heavy (non-hydrogen) atoms. The summed E-state index contributed by atoms with van der Waals surface area (Å²) in [5.74, 6) is 0.106. The first kappa shape index (κ1) is 13.3. The second-order valence-electron chi connectivity index (χ2n) is 4.04. The summed E-state index contributed by atoms with van der Waals surface area (Å²) in [6.07, 6.45) is 4.79. The number of hydrogen-bond acceptors (Lipinski definition) is 6. The van der Waals surface area contributed by atoms with Crippen LogP contribution in [0.5, 0.6) is 0 Å². The highest BCUT2D eigenvalue weighted by Crippen LogP contribution is 2.25. The monoisotopic (exact) mass is 305 g/mol. The number of anilines is 3. The third-order valence-corrected chi connectivity index (χ3v) is 2.87. The van der Waals surface area contributed by atoms with Gasteiger partial charge in [0.15, 0.2) is 0 Å². The number of aromatic nitrogens is 5. The lowest BCUT2D eigenvalue weighted by molar-refractivity contribution is 0.628. The number of nitrogens with two attached hydrogens (primary N) is 1. The molecule has 0 aliphatic carbocycles. The van der Waals surface area contributed by atoms with Gasteiger partial charge in [-0.15, -0.1) is 0 Å². The van der Waals surface area contributed by atoms with Gasteiger partial charge in [0.2, 0.25) is 17.8 Å². The second kappa shape index (κ2) is 5.33. The first-order chi connectivity index (χ1) is 10.1. The van der Waals surface area contributed by atoms with Crippen LogP contribution < -0.4 is 11.1 Å².